The van der Waals surface area contributed by atoms with Crippen molar-refractivity contribution in [1.29, 1.82) is 0 Å². The summed E-state index contributed by atoms with van der Waals surface area (Å²) in [4.78, 5) is 110. The Bertz CT molecular complexity index is 1510. The van der Waals surface area contributed by atoms with E-state index in [0.29, 0.717) is 41.4 Å². The molecule has 0 aliphatic carbocycles. The van der Waals surface area contributed by atoms with Crippen LogP contribution in [0.2, 0.25) is 0 Å². The van der Waals surface area contributed by atoms with Crippen molar-refractivity contribution in [3.05, 3.63) is 35.6 Å². The SMILES string of the molecule is C=C(OC(=O)C(CSC(=O)CC(CS)NC(C)=O)NC(C)=O)C(=CC=C(CC)C(F)(F)F)C(=O)SCCC(NC(C)=O)C(=O)SCC(NC(C)=O)C(N)=O. The van der Waals surface area contributed by atoms with Crippen LogP contribution in [0.4, 0.5) is 13.2 Å². The van der Waals surface area contributed by atoms with Crippen molar-refractivity contribution in [1.82, 2.24) is 21.3 Å². The molecule has 0 aromatic rings. The molecule has 0 spiro atoms. The molecular formula is C32H44F3N5O10S4. The average molecular weight is 844 g/mol. The molecule has 0 saturated carbocycles. The molecule has 6 N–H and O–H groups in total. The number of hydrogen-bond donors (Lipinski definition) is 6. The first-order valence-electron chi connectivity index (χ1n) is 15.9. The fourth-order valence-electron chi connectivity index (χ4n) is 3.97. The number of nitrogens with two attached hydrogens (primary N) is 1. The predicted octanol–water partition coefficient (Wildman–Crippen LogP) is 1.86. The summed E-state index contributed by atoms with van der Waals surface area (Å²) in [7, 11) is 0. The third-order valence-corrected chi connectivity index (χ3v) is 9.89. The number of carbonyl (C=O) groups excluding carboxylic acids is 9. The molecule has 0 aromatic heterocycles. The normalized spacial score (nSPS) is 14.0. The van der Waals surface area contributed by atoms with E-state index in [2.05, 4.69) is 40.5 Å². The summed E-state index contributed by atoms with van der Waals surface area (Å²) in [5, 5.41) is 7.45. The number of carbonyl (C=O) groups is 9. The van der Waals surface area contributed by atoms with Crippen molar-refractivity contribution in [3.63, 3.8) is 0 Å². The van der Waals surface area contributed by atoms with Crippen molar-refractivity contribution in [2.45, 2.75) is 84.2 Å². The van der Waals surface area contributed by atoms with Crippen LogP contribution in [0.1, 0.15) is 53.9 Å². The Morgan fingerprint density at radius 1 is 0.796 bits per heavy atom. The molecule has 4 unspecified atom stereocenters. The van der Waals surface area contributed by atoms with E-state index in [1.165, 1.54) is 13.8 Å². The van der Waals surface area contributed by atoms with Crippen LogP contribution < -0.4 is 27.0 Å². The molecule has 5 amide bonds. The minimum atomic E-state index is -4.77. The first-order chi connectivity index (χ1) is 25.0. The lowest BCUT2D eigenvalue weighted by Gasteiger charge is -2.19. The molecule has 0 radical (unpaired) electrons. The van der Waals surface area contributed by atoms with E-state index in [9.17, 15) is 56.3 Å². The maximum absolute atomic E-state index is 13.5. The van der Waals surface area contributed by atoms with Crippen molar-refractivity contribution < 1.29 is 61.1 Å². The highest BCUT2D eigenvalue weighted by Gasteiger charge is 2.32. The Balaban J connectivity index is 6.12. The second kappa shape index (κ2) is 25.3. The Morgan fingerprint density at radius 2 is 1.31 bits per heavy atom. The van der Waals surface area contributed by atoms with Crippen LogP contribution in [-0.4, -0.2) is 104 Å². The fourth-order valence-corrected chi connectivity index (χ4v) is 6.91. The van der Waals surface area contributed by atoms with Gasteiger partial charge in [0.2, 0.25) is 39.8 Å². The lowest BCUT2D eigenvalue weighted by atomic mass is 10.1. The van der Waals surface area contributed by atoms with Gasteiger partial charge in [-0.25, -0.2) is 4.79 Å². The van der Waals surface area contributed by atoms with Crippen LogP contribution >= 0.6 is 47.9 Å². The van der Waals surface area contributed by atoms with Gasteiger partial charge in [-0.1, -0.05) is 54.9 Å². The van der Waals surface area contributed by atoms with Crippen LogP contribution in [0.3, 0.4) is 0 Å². The quantitative estimate of drug-likeness (QED) is 0.0301. The molecule has 302 valence electrons. The minimum Gasteiger partial charge on any atom is -0.425 e. The Kier molecular flexibility index (Phi) is 23.6. The zero-order chi connectivity index (χ0) is 41.8. The second-order valence-electron chi connectivity index (χ2n) is 11.2. The second-order valence-corrected chi connectivity index (χ2v) is 14.7. The molecule has 0 saturated heterocycles. The molecule has 0 bridgehead atoms. The number of ether oxygens (including phenoxy) is 1. The molecule has 0 fully saturated rings. The van der Waals surface area contributed by atoms with Gasteiger partial charge >= 0.3 is 12.1 Å². The summed E-state index contributed by atoms with van der Waals surface area (Å²) in [6.45, 7) is 9.34. The molecule has 4 atom stereocenters. The number of amides is 5. The highest BCUT2D eigenvalue weighted by molar-refractivity contribution is 8.14. The van der Waals surface area contributed by atoms with Crippen molar-refractivity contribution >= 4 is 98.8 Å². The molecule has 22 heteroatoms. The largest absolute Gasteiger partial charge is 0.425 e. The lowest BCUT2D eigenvalue weighted by Crippen LogP contribution is -2.46. The van der Waals surface area contributed by atoms with Crippen molar-refractivity contribution in [2.24, 2.45) is 5.73 Å². The van der Waals surface area contributed by atoms with Gasteiger partial charge in [0.1, 0.15) is 17.8 Å². The third-order valence-electron chi connectivity index (χ3n) is 6.47. The van der Waals surface area contributed by atoms with E-state index in [0.717, 1.165) is 26.8 Å². The maximum atomic E-state index is 13.5. The summed E-state index contributed by atoms with van der Waals surface area (Å²) in [5.41, 5.74) is 3.63. The molecule has 0 aliphatic rings. The monoisotopic (exact) mass is 843 g/mol. The standard InChI is InChI=1S/C32H44F3N5O10S4/c1-7-21(32(33,34)35)8-9-23(16(2)50-29(47)26(40-20(6)44)15-53-27(45)12-22(13-51)37-17(3)41)30(48)52-11-10-24(38-18(4)42)31(49)54-14-25(28(36)46)39-19(5)43/h8-9,22,24-26,51H,2,7,10-15H2,1,3-6H3,(H2,36,46)(H,37,41)(H,38,42)(H,39,43)(H,40,44). The van der Waals surface area contributed by atoms with Gasteiger partial charge in [-0.3, -0.25) is 38.4 Å². The Hall–Kier alpha value is -3.76. The van der Waals surface area contributed by atoms with Gasteiger partial charge in [-0.15, -0.1) is 0 Å². The zero-order valence-corrected chi connectivity index (χ0v) is 33.4. The molecule has 54 heavy (non-hydrogen) atoms. The van der Waals surface area contributed by atoms with E-state index in [4.69, 9.17) is 10.5 Å². The van der Waals surface area contributed by atoms with Gasteiger partial charge in [0.25, 0.3) is 0 Å². The highest BCUT2D eigenvalue weighted by atomic mass is 32.2. The predicted molar refractivity (Wildman–Crippen MR) is 203 cm³/mol. The molecule has 0 rings (SSSR count). The molecule has 0 aliphatic heterocycles. The zero-order valence-electron chi connectivity index (χ0n) is 30.1. The first-order valence-corrected chi connectivity index (χ1v) is 19.5. The number of nitrogens with one attached hydrogen (secondary N) is 4. The Labute approximate surface area is 328 Å². The number of primary amides is 1. The summed E-state index contributed by atoms with van der Waals surface area (Å²) >= 11 is 5.79. The number of allylic oxidation sites excluding steroid dienone is 4. The number of rotatable bonds is 22. The molecule has 0 aromatic carbocycles. The van der Waals surface area contributed by atoms with Crippen LogP contribution in [0.25, 0.3) is 0 Å². The molecular weight excluding hydrogens is 800 g/mol. The first kappa shape index (κ1) is 50.2. The van der Waals surface area contributed by atoms with Crippen LogP contribution in [0.5, 0.6) is 0 Å². The van der Waals surface area contributed by atoms with E-state index in [-0.39, 0.29) is 35.9 Å². The van der Waals surface area contributed by atoms with Crippen molar-refractivity contribution in [3.8, 4) is 0 Å². The number of hydrogen-bond acceptors (Lipinski definition) is 14. The van der Waals surface area contributed by atoms with Gasteiger partial charge in [0.05, 0.1) is 11.6 Å². The summed E-state index contributed by atoms with van der Waals surface area (Å²) in [5.74, 6) is -5.81. The van der Waals surface area contributed by atoms with Gasteiger partial charge in [0.15, 0.2) is 5.12 Å². The topological polar surface area (TPSA) is 237 Å². The lowest BCUT2D eigenvalue weighted by molar-refractivity contribution is -0.142. The van der Waals surface area contributed by atoms with E-state index >= 15 is 0 Å². The number of thioether (sulfide) groups is 3. The van der Waals surface area contributed by atoms with Crippen molar-refractivity contribution in [2.75, 3.05) is 23.0 Å². The molecule has 15 nitrogen and oxygen atoms in total. The van der Waals surface area contributed by atoms with E-state index in [1.54, 1.807) is 0 Å². The number of thiol groups is 1. The van der Waals surface area contributed by atoms with E-state index in [1.807, 2.05) is 0 Å². The van der Waals surface area contributed by atoms with Gasteiger partial charge in [0, 0.05) is 68.7 Å². The van der Waals surface area contributed by atoms with Crippen LogP contribution in [0.15, 0.2) is 35.6 Å². The maximum Gasteiger partial charge on any atom is 0.412 e. The third kappa shape index (κ3) is 21.2. The minimum absolute atomic E-state index is 0.132. The van der Waals surface area contributed by atoms with Crippen LogP contribution in [-0.2, 0) is 47.9 Å². The number of halogens is 3. The highest BCUT2D eigenvalue weighted by Crippen LogP contribution is 2.29. The van der Waals surface area contributed by atoms with E-state index < -0.39 is 105 Å². The van der Waals surface area contributed by atoms with Gasteiger partial charge < -0.3 is 31.7 Å². The fraction of sp³-hybridized carbons (Fsp3) is 0.531. The summed E-state index contributed by atoms with van der Waals surface area (Å²) < 4.78 is 45.7. The van der Waals surface area contributed by atoms with Crippen LogP contribution in [0, 0.1) is 0 Å². The number of alkyl halides is 3. The summed E-state index contributed by atoms with van der Waals surface area (Å²) in [6, 6.07) is -4.50. The summed E-state index contributed by atoms with van der Waals surface area (Å²) in [6.07, 6.45) is -4.25. The molecule has 0 heterocycles. The van der Waals surface area contributed by atoms with Gasteiger partial charge in [-0.05, 0) is 18.9 Å². The Morgan fingerprint density at radius 3 is 1.80 bits per heavy atom. The average Bonchev–Trinajstić information content (AvgIpc) is 3.04. The van der Waals surface area contributed by atoms with Gasteiger partial charge in [-0.2, -0.15) is 25.8 Å². The smallest absolute Gasteiger partial charge is 0.412 e. The number of esters is 1.